The molecule has 0 fully saturated rings. The van der Waals surface area contributed by atoms with Crippen LogP contribution < -0.4 is 5.43 Å². The van der Waals surface area contributed by atoms with E-state index >= 15 is 0 Å². The molecule has 0 aromatic carbocycles. The Morgan fingerprint density at radius 3 is 2.78 bits per heavy atom. The van der Waals surface area contributed by atoms with Crippen LogP contribution in [0.15, 0.2) is 23.0 Å². The lowest BCUT2D eigenvalue weighted by Crippen LogP contribution is -2.11. The quantitative estimate of drug-likeness (QED) is 0.556. The van der Waals surface area contributed by atoms with Crippen LogP contribution in [-0.4, -0.2) is 5.87 Å². The first-order valence-corrected chi connectivity index (χ1v) is 3.05. The van der Waals surface area contributed by atoms with E-state index in [9.17, 15) is 0 Å². The number of hydrogen-bond donors (Lipinski definition) is 1. The molecule has 9 heavy (non-hydrogen) atoms. The minimum atomic E-state index is 0.520. The highest BCUT2D eigenvalue weighted by atomic mass is 15.3. The number of nitrogens with one attached hydrogen (secondary N) is 1. The molecule has 2 nitrogen and oxygen atoms in total. The minimum Gasteiger partial charge on any atom is -0.274 e. The van der Waals surface area contributed by atoms with Gasteiger partial charge in [-0.05, 0) is 12.0 Å². The summed E-state index contributed by atoms with van der Waals surface area (Å²) in [5, 5.41) is 3.76. The lowest BCUT2D eigenvalue weighted by atomic mass is 10.1. The SMILES string of the molecule is CC(C)C1=CC=C=NN1. The largest absolute Gasteiger partial charge is 0.274 e. The molecule has 0 radical (unpaired) electrons. The molecule has 1 heterocycles. The Labute approximate surface area is 55.0 Å². The van der Waals surface area contributed by atoms with Gasteiger partial charge < -0.3 is 0 Å². The van der Waals surface area contributed by atoms with Crippen LogP contribution in [0.4, 0.5) is 0 Å². The maximum Gasteiger partial charge on any atom is 0.0375 e. The van der Waals surface area contributed by atoms with E-state index in [-0.39, 0.29) is 0 Å². The van der Waals surface area contributed by atoms with Crippen LogP contribution in [0.3, 0.4) is 0 Å². The van der Waals surface area contributed by atoms with Gasteiger partial charge in [-0.25, -0.2) is 0 Å². The fourth-order valence-electron chi connectivity index (χ4n) is 0.620. The predicted molar refractivity (Wildman–Crippen MR) is 38.1 cm³/mol. The third-order valence-corrected chi connectivity index (χ3v) is 1.21. The van der Waals surface area contributed by atoms with Crippen molar-refractivity contribution in [2.45, 2.75) is 13.8 Å². The van der Waals surface area contributed by atoms with E-state index in [1.54, 1.807) is 0 Å². The van der Waals surface area contributed by atoms with E-state index in [2.05, 4.69) is 30.2 Å². The molecule has 1 rings (SSSR count). The molecule has 0 aromatic rings. The molecule has 0 bridgehead atoms. The summed E-state index contributed by atoms with van der Waals surface area (Å²) in [7, 11) is 0. The van der Waals surface area contributed by atoms with Gasteiger partial charge in [0.2, 0.25) is 0 Å². The van der Waals surface area contributed by atoms with E-state index in [1.807, 2.05) is 12.2 Å². The molecule has 0 spiro atoms. The van der Waals surface area contributed by atoms with Crippen LogP contribution in [0.1, 0.15) is 13.8 Å². The van der Waals surface area contributed by atoms with E-state index in [1.165, 1.54) is 0 Å². The third-order valence-electron chi connectivity index (χ3n) is 1.21. The molecule has 1 aliphatic heterocycles. The smallest absolute Gasteiger partial charge is 0.0375 e. The Balaban J connectivity index is 2.66. The third kappa shape index (κ3) is 1.44. The number of hydrazone groups is 1. The van der Waals surface area contributed by atoms with Crippen molar-refractivity contribution >= 4 is 5.87 Å². The summed E-state index contributed by atoms with van der Waals surface area (Å²) in [4.78, 5) is 0. The van der Waals surface area contributed by atoms with E-state index in [0.29, 0.717) is 5.92 Å². The topological polar surface area (TPSA) is 24.4 Å². The first-order chi connectivity index (χ1) is 4.30. The fourth-order valence-corrected chi connectivity index (χ4v) is 0.620. The maximum atomic E-state index is 3.76. The van der Waals surface area contributed by atoms with Crippen molar-refractivity contribution < 1.29 is 0 Å². The highest BCUT2D eigenvalue weighted by Crippen LogP contribution is 2.05. The Morgan fingerprint density at radius 1 is 1.67 bits per heavy atom. The van der Waals surface area contributed by atoms with Crippen LogP contribution >= 0.6 is 0 Å². The zero-order chi connectivity index (χ0) is 6.69. The van der Waals surface area contributed by atoms with Crippen molar-refractivity contribution in [3.63, 3.8) is 0 Å². The van der Waals surface area contributed by atoms with Crippen molar-refractivity contribution in [3.8, 4) is 0 Å². The number of rotatable bonds is 1. The molecule has 48 valence electrons. The van der Waals surface area contributed by atoms with Gasteiger partial charge in [0.05, 0.1) is 0 Å². The van der Waals surface area contributed by atoms with Gasteiger partial charge in [-0.3, -0.25) is 5.43 Å². The number of hydrogen-bond acceptors (Lipinski definition) is 2. The van der Waals surface area contributed by atoms with E-state index in [4.69, 9.17) is 0 Å². The minimum absolute atomic E-state index is 0.520. The van der Waals surface area contributed by atoms with Crippen LogP contribution in [0.25, 0.3) is 0 Å². The summed E-state index contributed by atoms with van der Waals surface area (Å²) in [6.45, 7) is 4.24. The van der Waals surface area contributed by atoms with Crippen molar-refractivity contribution in [2.75, 3.05) is 0 Å². The van der Waals surface area contributed by atoms with Crippen molar-refractivity contribution in [3.05, 3.63) is 17.8 Å². The lowest BCUT2D eigenvalue weighted by Gasteiger charge is -2.09. The molecular formula is C7H10N2. The van der Waals surface area contributed by atoms with Gasteiger partial charge in [-0.1, -0.05) is 13.8 Å². The Morgan fingerprint density at radius 2 is 2.44 bits per heavy atom. The number of nitrogens with zero attached hydrogens (tertiary/aromatic N) is 1. The number of allylic oxidation sites excluding steroid dienone is 3. The van der Waals surface area contributed by atoms with Crippen molar-refractivity contribution in [1.29, 1.82) is 0 Å². The monoisotopic (exact) mass is 122 g/mol. The molecule has 0 amide bonds. The zero-order valence-electron chi connectivity index (χ0n) is 5.68. The van der Waals surface area contributed by atoms with Gasteiger partial charge in [0.25, 0.3) is 0 Å². The van der Waals surface area contributed by atoms with Gasteiger partial charge in [-0.15, -0.1) is 5.10 Å². The Bertz CT molecular complexity index is 183. The lowest BCUT2D eigenvalue weighted by molar-refractivity contribution is 0.673. The highest BCUT2D eigenvalue weighted by molar-refractivity contribution is 5.56. The first kappa shape index (κ1) is 6.12. The Kier molecular flexibility index (Phi) is 1.71. The molecule has 0 aromatic heterocycles. The highest BCUT2D eigenvalue weighted by Gasteiger charge is 2.00. The average molecular weight is 122 g/mol. The molecule has 0 saturated heterocycles. The van der Waals surface area contributed by atoms with E-state index in [0.717, 1.165) is 5.70 Å². The molecule has 0 unspecified atom stereocenters. The van der Waals surface area contributed by atoms with Gasteiger partial charge in [0, 0.05) is 17.6 Å². The predicted octanol–water partition coefficient (Wildman–Crippen LogP) is 1.27. The molecule has 0 saturated carbocycles. The second-order valence-electron chi connectivity index (χ2n) is 2.30. The van der Waals surface area contributed by atoms with Gasteiger partial charge in [0.15, 0.2) is 0 Å². The second-order valence-corrected chi connectivity index (χ2v) is 2.30. The van der Waals surface area contributed by atoms with Gasteiger partial charge in [-0.2, -0.15) is 0 Å². The van der Waals surface area contributed by atoms with Gasteiger partial charge >= 0.3 is 0 Å². The summed E-state index contributed by atoms with van der Waals surface area (Å²) >= 11 is 0. The second kappa shape index (κ2) is 2.51. The van der Waals surface area contributed by atoms with Crippen molar-refractivity contribution in [1.82, 2.24) is 5.43 Å². The summed E-state index contributed by atoms with van der Waals surface area (Å²) in [6.07, 6.45) is 3.80. The summed E-state index contributed by atoms with van der Waals surface area (Å²) < 4.78 is 0. The van der Waals surface area contributed by atoms with Crippen LogP contribution in [0.2, 0.25) is 0 Å². The Hall–Kier alpha value is -1.01. The molecule has 0 atom stereocenters. The summed E-state index contributed by atoms with van der Waals surface area (Å²) in [5.74, 6) is 3.20. The summed E-state index contributed by atoms with van der Waals surface area (Å²) in [6, 6.07) is 0. The molecule has 0 aliphatic carbocycles. The summed E-state index contributed by atoms with van der Waals surface area (Å²) in [5.41, 5.74) is 4.01. The van der Waals surface area contributed by atoms with Crippen LogP contribution in [-0.2, 0) is 0 Å². The average Bonchev–Trinajstić information content (AvgIpc) is 1.90. The maximum absolute atomic E-state index is 3.76. The van der Waals surface area contributed by atoms with Gasteiger partial charge in [0.1, 0.15) is 0 Å². The van der Waals surface area contributed by atoms with Crippen molar-refractivity contribution in [2.24, 2.45) is 11.0 Å². The first-order valence-electron chi connectivity index (χ1n) is 3.05. The molecular weight excluding hydrogens is 112 g/mol. The molecule has 2 heteroatoms. The molecule has 1 N–H and O–H groups in total. The molecule has 1 aliphatic rings. The van der Waals surface area contributed by atoms with E-state index < -0.39 is 0 Å². The standard InChI is InChI=1S/C7H10N2/c1-6(2)7-4-3-5-8-9-7/h3-4,6,9H,1-2H3. The van der Waals surface area contributed by atoms with Crippen LogP contribution in [0, 0.1) is 5.92 Å². The van der Waals surface area contributed by atoms with Crippen LogP contribution in [0.5, 0.6) is 0 Å². The normalized spacial score (nSPS) is 15.7. The zero-order valence-corrected chi connectivity index (χ0v) is 5.68. The fraction of sp³-hybridized carbons (Fsp3) is 0.429.